The molecule has 6 nitrogen and oxygen atoms in total. The van der Waals surface area contributed by atoms with E-state index in [1.807, 2.05) is 31.2 Å². The van der Waals surface area contributed by atoms with Gasteiger partial charge in [0.2, 0.25) is 0 Å². The van der Waals surface area contributed by atoms with Gasteiger partial charge in [-0.2, -0.15) is 0 Å². The fourth-order valence-electron chi connectivity index (χ4n) is 3.09. The second-order valence-electron chi connectivity index (χ2n) is 6.54. The molecule has 0 saturated carbocycles. The average Bonchev–Trinajstić information content (AvgIpc) is 2.67. The van der Waals surface area contributed by atoms with E-state index in [1.54, 1.807) is 7.11 Å². The number of hydrogen-bond acceptors (Lipinski definition) is 3. The molecule has 1 aromatic carbocycles. The Kier molecular flexibility index (Phi) is 8.06. The Morgan fingerprint density at radius 1 is 1.26 bits per heavy atom. The van der Waals surface area contributed by atoms with Crippen molar-refractivity contribution in [3.05, 3.63) is 40.2 Å². The molecule has 3 N–H and O–H groups in total. The summed E-state index contributed by atoms with van der Waals surface area (Å²) >= 11 is 5.55. The number of benzene rings is 1. The molecule has 0 atom stereocenters. The van der Waals surface area contributed by atoms with E-state index < -0.39 is 0 Å². The van der Waals surface area contributed by atoms with Crippen molar-refractivity contribution in [3.8, 4) is 5.75 Å². The summed E-state index contributed by atoms with van der Waals surface area (Å²) in [6, 6.07) is 7.64. The molecule has 1 heterocycles. The standard InChI is InChI=1S/C20H30N4O2S/c1-5-21-20(27)24(11-10-23(6-2)7-3)14-16-12-15-8-9-17(26-4)13-18(15)22-19(16)25/h8-9,12-13H,5-7,10-11,14H2,1-4H3,(H,21,27)(H,22,25)/p+1. The van der Waals surface area contributed by atoms with Crippen LogP contribution in [0.15, 0.2) is 29.1 Å². The summed E-state index contributed by atoms with van der Waals surface area (Å²) in [5.74, 6) is 0.725. The second kappa shape index (κ2) is 10.3. The number of likely N-dealkylation sites (N-methyl/N-ethyl adjacent to an activating group) is 1. The van der Waals surface area contributed by atoms with Gasteiger partial charge in [0.05, 0.1) is 45.4 Å². The molecule has 0 fully saturated rings. The van der Waals surface area contributed by atoms with Crippen molar-refractivity contribution in [2.45, 2.75) is 27.3 Å². The molecule has 0 radical (unpaired) electrons. The molecule has 0 spiro atoms. The molecule has 27 heavy (non-hydrogen) atoms. The molecule has 1 aromatic heterocycles. The average molecular weight is 392 g/mol. The van der Waals surface area contributed by atoms with Crippen molar-refractivity contribution in [3.63, 3.8) is 0 Å². The number of rotatable bonds is 9. The first-order chi connectivity index (χ1) is 13.0. The quantitative estimate of drug-likeness (QED) is 0.560. The minimum absolute atomic E-state index is 0.0877. The fourth-order valence-corrected chi connectivity index (χ4v) is 3.39. The Bertz CT molecular complexity index is 817. The summed E-state index contributed by atoms with van der Waals surface area (Å²) < 4.78 is 5.23. The number of pyridine rings is 1. The third-order valence-electron chi connectivity index (χ3n) is 4.84. The van der Waals surface area contributed by atoms with E-state index in [4.69, 9.17) is 17.0 Å². The van der Waals surface area contributed by atoms with Gasteiger partial charge in [0.1, 0.15) is 5.75 Å². The van der Waals surface area contributed by atoms with Crippen LogP contribution in [0, 0.1) is 0 Å². The molecule has 7 heteroatoms. The third kappa shape index (κ3) is 5.68. The summed E-state index contributed by atoms with van der Waals surface area (Å²) in [4.78, 5) is 19.2. The van der Waals surface area contributed by atoms with E-state index in [9.17, 15) is 4.79 Å². The SMILES string of the molecule is CCNC(=S)N(CC[NH+](CC)CC)Cc1cc2ccc(OC)cc2[nH]c1=O. The molecular weight excluding hydrogens is 360 g/mol. The van der Waals surface area contributed by atoms with Crippen molar-refractivity contribution in [2.75, 3.05) is 39.8 Å². The van der Waals surface area contributed by atoms with Crippen LogP contribution in [0.4, 0.5) is 0 Å². The van der Waals surface area contributed by atoms with E-state index in [1.165, 1.54) is 4.90 Å². The van der Waals surface area contributed by atoms with Crippen molar-refractivity contribution in [1.29, 1.82) is 0 Å². The van der Waals surface area contributed by atoms with Crippen LogP contribution < -0.4 is 20.5 Å². The van der Waals surface area contributed by atoms with Crippen molar-refractivity contribution < 1.29 is 9.64 Å². The topological polar surface area (TPSA) is 61.8 Å². The first-order valence-electron chi connectivity index (χ1n) is 9.58. The lowest BCUT2D eigenvalue weighted by Crippen LogP contribution is -3.12. The lowest BCUT2D eigenvalue weighted by Gasteiger charge is -2.27. The number of H-pyrrole nitrogens is 1. The van der Waals surface area contributed by atoms with Crippen LogP contribution in [-0.4, -0.2) is 54.8 Å². The summed E-state index contributed by atoms with van der Waals surface area (Å²) in [6.45, 7) is 11.6. The van der Waals surface area contributed by atoms with Gasteiger partial charge in [0.25, 0.3) is 5.56 Å². The van der Waals surface area contributed by atoms with Gasteiger partial charge in [0.15, 0.2) is 5.11 Å². The summed E-state index contributed by atoms with van der Waals surface area (Å²) in [6.07, 6.45) is 0. The van der Waals surface area contributed by atoms with Gasteiger partial charge in [-0.05, 0) is 56.6 Å². The maximum Gasteiger partial charge on any atom is 0.253 e. The Hall–Kier alpha value is -2.12. The lowest BCUT2D eigenvalue weighted by molar-refractivity contribution is -0.895. The number of fused-ring (bicyclic) bond motifs is 1. The number of aromatic amines is 1. The molecule has 2 rings (SSSR count). The maximum atomic E-state index is 12.6. The zero-order valence-electron chi connectivity index (χ0n) is 16.7. The molecule has 0 aliphatic rings. The van der Waals surface area contributed by atoms with Crippen molar-refractivity contribution in [2.24, 2.45) is 0 Å². The van der Waals surface area contributed by atoms with E-state index >= 15 is 0 Å². The highest BCUT2D eigenvalue weighted by atomic mass is 32.1. The number of nitrogens with one attached hydrogen (secondary N) is 3. The molecule has 148 valence electrons. The van der Waals surface area contributed by atoms with Crippen LogP contribution >= 0.6 is 12.2 Å². The second-order valence-corrected chi connectivity index (χ2v) is 6.93. The van der Waals surface area contributed by atoms with Gasteiger partial charge in [-0.25, -0.2) is 0 Å². The van der Waals surface area contributed by atoms with Gasteiger partial charge in [-0.15, -0.1) is 0 Å². The van der Waals surface area contributed by atoms with E-state index in [0.717, 1.165) is 49.4 Å². The number of hydrogen-bond donors (Lipinski definition) is 3. The zero-order valence-corrected chi connectivity index (χ0v) is 17.5. The molecule has 0 aliphatic carbocycles. The number of thiocarbonyl (C=S) groups is 1. The van der Waals surface area contributed by atoms with E-state index in [2.05, 4.69) is 29.0 Å². The number of aromatic nitrogens is 1. The Morgan fingerprint density at radius 2 is 2.00 bits per heavy atom. The van der Waals surface area contributed by atoms with Gasteiger partial charge in [0, 0.05) is 18.2 Å². The molecule has 0 saturated heterocycles. The predicted molar refractivity (Wildman–Crippen MR) is 115 cm³/mol. The smallest absolute Gasteiger partial charge is 0.253 e. The Morgan fingerprint density at radius 3 is 2.63 bits per heavy atom. The lowest BCUT2D eigenvalue weighted by atomic mass is 10.1. The van der Waals surface area contributed by atoms with Crippen LogP contribution in [-0.2, 0) is 6.54 Å². The van der Waals surface area contributed by atoms with Gasteiger partial charge >= 0.3 is 0 Å². The van der Waals surface area contributed by atoms with Gasteiger partial charge in [-0.3, -0.25) is 4.79 Å². The fraction of sp³-hybridized carbons (Fsp3) is 0.500. The maximum absolute atomic E-state index is 12.6. The monoisotopic (exact) mass is 391 g/mol. The highest BCUT2D eigenvalue weighted by Gasteiger charge is 2.15. The normalized spacial score (nSPS) is 11.0. The van der Waals surface area contributed by atoms with Gasteiger partial charge < -0.3 is 24.8 Å². The summed E-state index contributed by atoms with van der Waals surface area (Å²) in [5, 5.41) is 4.89. The highest BCUT2D eigenvalue weighted by molar-refractivity contribution is 7.80. The minimum Gasteiger partial charge on any atom is -0.497 e. The van der Waals surface area contributed by atoms with Crippen molar-refractivity contribution in [1.82, 2.24) is 15.2 Å². The number of nitrogens with zero attached hydrogens (tertiary/aromatic N) is 1. The van der Waals surface area contributed by atoms with E-state index in [0.29, 0.717) is 17.2 Å². The Labute approximate surface area is 166 Å². The first kappa shape index (κ1) is 21.2. The number of ether oxygens (including phenoxy) is 1. The van der Waals surface area contributed by atoms with E-state index in [-0.39, 0.29) is 5.56 Å². The Balaban J connectivity index is 2.25. The molecular formula is C20H31N4O2S+. The van der Waals surface area contributed by atoms with Crippen LogP contribution in [0.5, 0.6) is 5.75 Å². The molecule has 2 aromatic rings. The first-order valence-corrected chi connectivity index (χ1v) is 9.99. The van der Waals surface area contributed by atoms with Crippen molar-refractivity contribution >= 4 is 28.2 Å². The number of methoxy groups -OCH3 is 1. The molecule has 0 bridgehead atoms. The summed E-state index contributed by atoms with van der Waals surface area (Å²) in [7, 11) is 1.62. The largest absolute Gasteiger partial charge is 0.497 e. The summed E-state index contributed by atoms with van der Waals surface area (Å²) in [5.41, 5.74) is 1.40. The van der Waals surface area contributed by atoms with Crippen LogP contribution in [0.25, 0.3) is 10.9 Å². The molecule has 0 unspecified atom stereocenters. The zero-order chi connectivity index (χ0) is 19.8. The van der Waals surface area contributed by atoms with Crippen LogP contribution in [0.2, 0.25) is 0 Å². The van der Waals surface area contributed by atoms with Gasteiger partial charge in [-0.1, -0.05) is 0 Å². The van der Waals surface area contributed by atoms with Crippen LogP contribution in [0.1, 0.15) is 26.3 Å². The molecule has 0 amide bonds. The molecule has 0 aliphatic heterocycles. The third-order valence-corrected chi connectivity index (χ3v) is 5.24. The predicted octanol–water partition coefficient (Wildman–Crippen LogP) is 1.16. The minimum atomic E-state index is -0.0877. The number of quaternary nitrogens is 1. The highest BCUT2D eigenvalue weighted by Crippen LogP contribution is 2.18. The van der Waals surface area contributed by atoms with Crippen LogP contribution in [0.3, 0.4) is 0 Å².